The number of hydrogen-bond acceptors (Lipinski definition) is 3. The summed E-state index contributed by atoms with van der Waals surface area (Å²) < 4.78 is 0. The molecule has 0 aliphatic heterocycles. The third kappa shape index (κ3) is 7.54. The van der Waals surface area contributed by atoms with E-state index in [0.717, 1.165) is 12.1 Å². The first kappa shape index (κ1) is 17.3. The lowest BCUT2D eigenvalue weighted by atomic mass is 10.1. The maximum atomic E-state index is 4.52. The fourth-order valence-electron chi connectivity index (χ4n) is 1.83. The summed E-state index contributed by atoms with van der Waals surface area (Å²) in [6, 6.07) is 10.3. The molecule has 0 saturated heterocycles. The summed E-state index contributed by atoms with van der Waals surface area (Å²) in [5, 5.41) is 2.05. The SMILES string of the molecule is CCCC/C(=C\C=NC(C)(C)C)NN(C)c1ccccc1. The number of nitrogens with one attached hydrogen (secondary N) is 1. The number of hydrogen-bond donors (Lipinski definition) is 1. The van der Waals surface area contributed by atoms with Gasteiger partial charge in [0.1, 0.15) is 0 Å². The van der Waals surface area contributed by atoms with Crippen LogP contribution in [0.1, 0.15) is 47.0 Å². The average Bonchev–Trinajstić information content (AvgIpc) is 2.44. The third-order valence-corrected chi connectivity index (χ3v) is 2.99. The van der Waals surface area contributed by atoms with Crippen LogP contribution < -0.4 is 10.4 Å². The fourth-order valence-corrected chi connectivity index (χ4v) is 1.83. The molecule has 0 aliphatic rings. The van der Waals surface area contributed by atoms with E-state index in [4.69, 9.17) is 0 Å². The van der Waals surface area contributed by atoms with Gasteiger partial charge in [0.25, 0.3) is 0 Å². The van der Waals surface area contributed by atoms with Crippen molar-refractivity contribution < 1.29 is 0 Å². The van der Waals surface area contributed by atoms with Gasteiger partial charge < -0.3 is 5.43 Å². The molecule has 0 heterocycles. The zero-order valence-corrected chi connectivity index (χ0v) is 14.1. The predicted molar refractivity (Wildman–Crippen MR) is 93.8 cm³/mol. The number of rotatable bonds is 7. The van der Waals surface area contributed by atoms with Gasteiger partial charge in [0.2, 0.25) is 0 Å². The van der Waals surface area contributed by atoms with E-state index in [1.54, 1.807) is 0 Å². The van der Waals surface area contributed by atoms with Crippen molar-refractivity contribution in [1.29, 1.82) is 0 Å². The minimum atomic E-state index is -0.0301. The van der Waals surface area contributed by atoms with Crippen molar-refractivity contribution >= 4 is 11.9 Å². The second-order valence-electron chi connectivity index (χ2n) is 6.25. The van der Waals surface area contributed by atoms with E-state index in [1.807, 2.05) is 36.5 Å². The Kier molecular flexibility index (Phi) is 7.00. The first-order valence-electron chi connectivity index (χ1n) is 7.72. The number of nitrogens with zero attached hydrogens (tertiary/aromatic N) is 2. The number of allylic oxidation sites excluding steroid dienone is 2. The Hall–Kier alpha value is -1.77. The molecule has 3 nitrogen and oxygen atoms in total. The molecule has 0 spiro atoms. The number of anilines is 1. The van der Waals surface area contributed by atoms with Crippen LogP contribution in [0.15, 0.2) is 47.1 Å². The fraction of sp³-hybridized carbons (Fsp3) is 0.500. The van der Waals surface area contributed by atoms with E-state index in [1.165, 1.54) is 18.5 Å². The lowest BCUT2D eigenvalue weighted by Gasteiger charge is -2.23. The maximum absolute atomic E-state index is 4.52. The van der Waals surface area contributed by atoms with Gasteiger partial charge in [0.05, 0.1) is 11.2 Å². The van der Waals surface area contributed by atoms with Gasteiger partial charge in [-0.3, -0.25) is 10.0 Å². The van der Waals surface area contributed by atoms with Crippen molar-refractivity contribution in [3.63, 3.8) is 0 Å². The van der Waals surface area contributed by atoms with Crippen LogP contribution in [-0.4, -0.2) is 18.8 Å². The van der Waals surface area contributed by atoms with Gasteiger partial charge in [0, 0.05) is 19.0 Å². The molecule has 0 atom stereocenters. The zero-order valence-electron chi connectivity index (χ0n) is 14.1. The molecule has 1 N–H and O–H groups in total. The van der Waals surface area contributed by atoms with E-state index in [2.05, 4.69) is 56.3 Å². The highest BCUT2D eigenvalue weighted by molar-refractivity contribution is 5.72. The highest BCUT2D eigenvalue weighted by atomic mass is 15.5. The number of benzene rings is 1. The predicted octanol–water partition coefficient (Wildman–Crippen LogP) is 4.57. The van der Waals surface area contributed by atoms with Crippen LogP contribution in [0.25, 0.3) is 0 Å². The number of hydrazine groups is 1. The van der Waals surface area contributed by atoms with Gasteiger partial charge in [-0.25, -0.2) is 0 Å². The molecule has 0 aliphatic carbocycles. The minimum Gasteiger partial charge on any atom is -0.303 e. The highest BCUT2D eigenvalue weighted by Crippen LogP contribution is 2.12. The molecular formula is C18H29N3. The van der Waals surface area contributed by atoms with Gasteiger partial charge in [-0.2, -0.15) is 0 Å². The summed E-state index contributed by atoms with van der Waals surface area (Å²) in [5.74, 6) is 0. The van der Waals surface area contributed by atoms with Gasteiger partial charge >= 0.3 is 0 Å². The van der Waals surface area contributed by atoms with Gasteiger partial charge in [-0.1, -0.05) is 31.5 Å². The van der Waals surface area contributed by atoms with Crippen molar-refractivity contribution in [2.24, 2.45) is 4.99 Å². The second kappa shape index (κ2) is 8.50. The molecule has 1 rings (SSSR count). The normalized spacial score (nSPS) is 12.7. The topological polar surface area (TPSA) is 27.6 Å². The first-order chi connectivity index (χ1) is 9.92. The standard InChI is InChI=1S/C18H29N3/c1-6-7-11-16(14-15-19-18(2,3)4)20-21(5)17-12-9-8-10-13-17/h8-10,12-15,20H,6-7,11H2,1-5H3/b16-14+,19-15?. The molecule has 0 bridgehead atoms. The summed E-state index contributed by atoms with van der Waals surface area (Å²) >= 11 is 0. The monoisotopic (exact) mass is 287 g/mol. The molecule has 1 aromatic rings. The Morgan fingerprint density at radius 3 is 2.48 bits per heavy atom. The zero-order chi connectivity index (χ0) is 15.7. The van der Waals surface area contributed by atoms with Crippen LogP contribution in [-0.2, 0) is 0 Å². The summed E-state index contributed by atoms with van der Waals surface area (Å²) in [6.07, 6.45) is 7.39. The summed E-state index contributed by atoms with van der Waals surface area (Å²) in [6.45, 7) is 8.52. The minimum absolute atomic E-state index is 0.0301. The van der Waals surface area contributed by atoms with Crippen molar-refractivity contribution in [2.45, 2.75) is 52.5 Å². The first-order valence-corrected chi connectivity index (χ1v) is 7.72. The van der Waals surface area contributed by atoms with Crippen LogP contribution >= 0.6 is 0 Å². The molecule has 1 aromatic carbocycles. The summed E-state index contributed by atoms with van der Waals surface area (Å²) in [4.78, 5) is 4.52. The van der Waals surface area contributed by atoms with E-state index < -0.39 is 0 Å². The Balaban J connectivity index is 2.73. The Bertz CT molecular complexity index is 455. The van der Waals surface area contributed by atoms with E-state index in [-0.39, 0.29) is 5.54 Å². The van der Waals surface area contributed by atoms with Crippen LogP contribution in [0.4, 0.5) is 5.69 Å². The van der Waals surface area contributed by atoms with Crippen LogP contribution in [0.2, 0.25) is 0 Å². The molecule has 0 unspecified atom stereocenters. The van der Waals surface area contributed by atoms with Crippen LogP contribution in [0, 0.1) is 0 Å². The molecule has 0 saturated carbocycles. The van der Waals surface area contributed by atoms with E-state index in [0.29, 0.717) is 0 Å². The van der Waals surface area contributed by atoms with Crippen molar-refractivity contribution in [3.8, 4) is 0 Å². The van der Waals surface area contributed by atoms with Gasteiger partial charge in [-0.05, 0) is 51.8 Å². The molecule has 0 fully saturated rings. The summed E-state index contributed by atoms with van der Waals surface area (Å²) in [7, 11) is 2.04. The smallest absolute Gasteiger partial charge is 0.0568 e. The van der Waals surface area contributed by atoms with E-state index >= 15 is 0 Å². The molecule has 0 amide bonds. The lowest BCUT2D eigenvalue weighted by Crippen LogP contribution is -2.33. The number of aliphatic imine (C=N–C) groups is 1. The lowest BCUT2D eigenvalue weighted by molar-refractivity contribution is 0.586. The highest BCUT2D eigenvalue weighted by Gasteiger charge is 2.05. The molecule has 116 valence electrons. The van der Waals surface area contributed by atoms with Gasteiger partial charge in [-0.15, -0.1) is 0 Å². The van der Waals surface area contributed by atoms with Crippen molar-refractivity contribution in [1.82, 2.24) is 5.43 Å². The molecule has 0 radical (unpaired) electrons. The van der Waals surface area contributed by atoms with Gasteiger partial charge in [0.15, 0.2) is 0 Å². The largest absolute Gasteiger partial charge is 0.303 e. The van der Waals surface area contributed by atoms with Crippen LogP contribution in [0.5, 0.6) is 0 Å². The molecule has 0 aromatic heterocycles. The van der Waals surface area contributed by atoms with Crippen molar-refractivity contribution in [3.05, 3.63) is 42.1 Å². The Labute approximate surface area is 129 Å². The second-order valence-corrected chi connectivity index (χ2v) is 6.25. The third-order valence-electron chi connectivity index (χ3n) is 2.99. The quantitative estimate of drug-likeness (QED) is 0.587. The molecule has 21 heavy (non-hydrogen) atoms. The Morgan fingerprint density at radius 1 is 1.24 bits per heavy atom. The summed E-state index contributed by atoms with van der Waals surface area (Å²) in [5.41, 5.74) is 5.76. The molecule has 3 heteroatoms. The van der Waals surface area contributed by atoms with Crippen LogP contribution in [0.3, 0.4) is 0 Å². The number of unbranched alkanes of at least 4 members (excludes halogenated alkanes) is 1. The Morgan fingerprint density at radius 2 is 1.90 bits per heavy atom. The average molecular weight is 287 g/mol. The molecular weight excluding hydrogens is 258 g/mol. The number of para-hydroxylation sites is 1. The van der Waals surface area contributed by atoms with Crippen molar-refractivity contribution in [2.75, 3.05) is 12.1 Å². The van der Waals surface area contributed by atoms with E-state index in [9.17, 15) is 0 Å². The maximum Gasteiger partial charge on any atom is 0.0568 e.